The average molecular weight is 264 g/mol. The van der Waals surface area contributed by atoms with Crippen molar-refractivity contribution < 1.29 is 0 Å². The summed E-state index contributed by atoms with van der Waals surface area (Å²) in [5.74, 6) is 1.21. The van der Waals surface area contributed by atoms with Crippen LogP contribution in [0.3, 0.4) is 0 Å². The first-order valence-corrected chi connectivity index (χ1v) is 7.07. The molecule has 0 aromatic heterocycles. The largest absolute Gasteiger partial charge is 0.384 e. The van der Waals surface area contributed by atoms with Gasteiger partial charge in [0.15, 0.2) is 0 Å². The molecule has 1 nitrogen and oxygen atoms in total. The third kappa shape index (κ3) is 4.54. The van der Waals surface area contributed by atoms with Crippen molar-refractivity contribution in [1.82, 2.24) is 0 Å². The van der Waals surface area contributed by atoms with Crippen molar-refractivity contribution in [3.05, 3.63) is 28.2 Å². The molecular formula is C11H15Cl2NS. The highest BCUT2D eigenvalue weighted by Crippen LogP contribution is 2.29. The summed E-state index contributed by atoms with van der Waals surface area (Å²) in [4.78, 5) is 0. The fourth-order valence-electron chi connectivity index (χ4n) is 1.23. The van der Waals surface area contributed by atoms with E-state index in [1.165, 1.54) is 12.2 Å². The zero-order valence-corrected chi connectivity index (χ0v) is 11.1. The van der Waals surface area contributed by atoms with Gasteiger partial charge in [-0.15, -0.1) is 0 Å². The number of rotatable bonds is 6. The van der Waals surface area contributed by atoms with Gasteiger partial charge in [0.1, 0.15) is 0 Å². The minimum atomic E-state index is 0.603. The van der Waals surface area contributed by atoms with E-state index in [4.69, 9.17) is 23.2 Å². The predicted molar refractivity (Wildman–Crippen MR) is 72.6 cm³/mol. The molecule has 0 spiro atoms. The fourth-order valence-corrected chi connectivity index (χ4v) is 2.09. The van der Waals surface area contributed by atoms with Crippen molar-refractivity contribution in [3.63, 3.8) is 0 Å². The van der Waals surface area contributed by atoms with Crippen LogP contribution in [0, 0.1) is 0 Å². The van der Waals surface area contributed by atoms with Gasteiger partial charge in [-0.25, -0.2) is 0 Å². The lowest BCUT2D eigenvalue weighted by atomic mass is 10.3. The standard InChI is InChI=1S/C11H15Cl2NS/c1-15-8-3-2-7-14-10-6-4-5-9(12)11(10)13/h4-6,14H,2-3,7-8H2,1H3. The molecule has 0 aliphatic carbocycles. The lowest BCUT2D eigenvalue weighted by molar-refractivity contribution is 0.843. The zero-order chi connectivity index (χ0) is 11.1. The monoisotopic (exact) mass is 263 g/mol. The van der Waals surface area contributed by atoms with Crippen molar-refractivity contribution >= 4 is 40.7 Å². The Morgan fingerprint density at radius 1 is 1.27 bits per heavy atom. The van der Waals surface area contributed by atoms with Gasteiger partial charge in [-0.05, 0) is 37.0 Å². The quantitative estimate of drug-likeness (QED) is 0.756. The van der Waals surface area contributed by atoms with Crippen LogP contribution in [-0.2, 0) is 0 Å². The van der Waals surface area contributed by atoms with E-state index >= 15 is 0 Å². The number of hydrogen-bond acceptors (Lipinski definition) is 2. The van der Waals surface area contributed by atoms with Gasteiger partial charge in [0.25, 0.3) is 0 Å². The first kappa shape index (κ1) is 13.0. The van der Waals surface area contributed by atoms with Crippen LogP contribution in [0.25, 0.3) is 0 Å². The van der Waals surface area contributed by atoms with Gasteiger partial charge in [-0.1, -0.05) is 29.3 Å². The van der Waals surface area contributed by atoms with E-state index in [2.05, 4.69) is 11.6 Å². The van der Waals surface area contributed by atoms with Crippen molar-refractivity contribution in [2.45, 2.75) is 12.8 Å². The Balaban J connectivity index is 2.34. The van der Waals surface area contributed by atoms with Crippen LogP contribution in [0.4, 0.5) is 5.69 Å². The number of anilines is 1. The Morgan fingerprint density at radius 3 is 2.80 bits per heavy atom. The lowest BCUT2D eigenvalue weighted by Gasteiger charge is -2.08. The highest BCUT2D eigenvalue weighted by Gasteiger charge is 2.02. The Hall–Kier alpha value is -0.0500. The first-order valence-electron chi connectivity index (χ1n) is 4.92. The van der Waals surface area contributed by atoms with Gasteiger partial charge >= 0.3 is 0 Å². The van der Waals surface area contributed by atoms with Crippen LogP contribution in [0.1, 0.15) is 12.8 Å². The average Bonchev–Trinajstić information content (AvgIpc) is 2.24. The Morgan fingerprint density at radius 2 is 2.07 bits per heavy atom. The molecule has 0 bridgehead atoms. The summed E-state index contributed by atoms with van der Waals surface area (Å²) in [6.07, 6.45) is 4.51. The van der Waals surface area contributed by atoms with E-state index in [1.54, 1.807) is 6.07 Å². The number of thioether (sulfide) groups is 1. The molecule has 1 N–H and O–H groups in total. The molecule has 15 heavy (non-hydrogen) atoms. The smallest absolute Gasteiger partial charge is 0.0823 e. The van der Waals surface area contributed by atoms with Crippen LogP contribution in [0.15, 0.2) is 18.2 Å². The molecule has 0 amide bonds. The van der Waals surface area contributed by atoms with Crippen molar-refractivity contribution in [1.29, 1.82) is 0 Å². The first-order chi connectivity index (χ1) is 7.25. The minimum Gasteiger partial charge on any atom is -0.384 e. The molecule has 0 aliphatic heterocycles. The van der Waals surface area contributed by atoms with Crippen LogP contribution >= 0.6 is 35.0 Å². The fraction of sp³-hybridized carbons (Fsp3) is 0.455. The second-order valence-electron chi connectivity index (χ2n) is 3.23. The summed E-state index contributed by atoms with van der Waals surface area (Å²) in [7, 11) is 0. The second kappa shape index (κ2) is 7.26. The SMILES string of the molecule is CSCCCCNc1cccc(Cl)c1Cl. The molecule has 0 unspecified atom stereocenters. The maximum absolute atomic E-state index is 6.03. The summed E-state index contributed by atoms with van der Waals surface area (Å²) in [5.41, 5.74) is 0.924. The Kier molecular flexibility index (Phi) is 6.30. The van der Waals surface area contributed by atoms with Crippen LogP contribution < -0.4 is 5.32 Å². The Bertz CT molecular complexity index is 305. The number of benzene rings is 1. The summed E-state index contributed by atoms with van der Waals surface area (Å²) in [6.45, 7) is 0.945. The van der Waals surface area contributed by atoms with E-state index in [1.807, 2.05) is 23.9 Å². The van der Waals surface area contributed by atoms with Gasteiger partial charge in [0.05, 0.1) is 15.7 Å². The maximum atomic E-state index is 6.03. The van der Waals surface area contributed by atoms with E-state index in [0.717, 1.165) is 18.7 Å². The molecule has 0 saturated heterocycles. The van der Waals surface area contributed by atoms with E-state index < -0.39 is 0 Å². The van der Waals surface area contributed by atoms with Gasteiger partial charge in [-0.2, -0.15) is 11.8 Å². The van der Waals surface area contributed by atoms with Crippen LogP contribution in [-0.4, -0.2) is 18.6 Å². The minimum absolute atomic E-state index is 0.603. The number of nitrogens with one attached hydrogen (secondary N) is 1. The molecule has 1 aromatic carbocycles. The number of unbranched alkanes of at least 4 members (excludes halogenated alkanes) is 1. The second-order valence-corrected chi connectivity index (χ2v) is 5.00. The molecule has 0 atom stereocenters. The van der Waals surface area contributed by atoms with Gasteiger partial charge in [0.2, 0.25) is 0 Å². The predicted octanol–water partition coefficient (Wildman–Crippen LogP) is 4.55. The van der Waals surface area contributed by atoms with E-state index in [-0.39, 0.29) is 0 Å². The molecule has 1 aromatic rings. The summed E-state index contributed by atoms with van der Waals surface area (Å²) in [5, 5.41) is 4.50. The molecule has 0 saturated carbocycles. The van der Waals surface area contributed by atoms with Crippen molar-refractivity contribution in [2.75, 3.05) is 23.9 Å². The lowest BCUT2D eigenvalue weighted by Crippen LogP contribution is -2.02. The Labute approximate surface area is 106 Å². The van der Waals surface area contributed by atoms with Crippen molar-refractivity contribution in [2.24, 2.45) is 0 Å². The van der Waals surface area contributed by atoms with Crippen molar-refractivity contribution in [3.8, 4) is 0 Å². The van der Waals surface area contributed by atoms with Crippen LogP contribution in [0.2, 0.25) is 10.0 Å². The summed E-state index contributed by atoms with van der Waals surface area (Å²) < 4.78 is 0. The molecule has 4 heteroatoms. The summed E-state index contributed by atoms with van der Waals surface area (Å²) in [6, 6.07) is 5.64. The maximum Gasteiger partial charge on any atom is 0.0823 e. The number of hydrogen-bond donors (Lipinski definition) is 1. The zero-order valence-electron chi connectivity index (χ0n) is 8.72. The van der Waals surface area contributed by atoms with Gasteiger partial charge in [0, 0.05) is 6.54 Å². The highest BCUT2D eigenvalue weighted by molar-refractivity contribution is 7.98. The van der Waals surface area contributed by atoms with Crippen LogP contribution in [0.5, 0.6) is 0 Å². The molecule has 0 fully saturated rings. The molecule has 0 radical (unpaired) electrons. The molecule has 84 valence electrons. The topological polar surface area (TPSA) is 12.0 Å². The third-order valence-corrected chi connectivity index (χ3v) is 3.56. The van der Waals surface area contributed by atoms with Gasteiger partial charge in [-0.3, -0.25) is 0 Å². The molecular weight excluding hydrogens is 249 g/mol. The molecule has 0 heterocycles. The van der Waals surface area contributed by atoms with E-state index in [0.29, 0.717) is 10.0 Å². The number of halogens is 2. The van der Waals surface area contributed by atoms with E-state index in [9.17, 15) is 0 Å². The normalized spacial score (nSPS) is 10.3. The molecule has 1 rings (SSSR count). The third-order valence-electron chi connectivity index (χ3n) is 2.04. The van der Waals surface area contributed by atoms with Gasteiger partial charge < -0.3 is 5.32 Å². The molecule has 0 aliphatic rings. The highest BCUT2D eigenvalue weighted by atomic mass is 35.5. The summed E-state index contributed by atoms with van der Waals surface area (Å²) >= 11 is 13.8.